The van der Waals surface area contributed by atoms with E-state index in [0.717, 1.165) is 0 Å². The average molecular weight is 267 g/mol. The number of ether oxygens (including phenoxy) is 2. The molecular weight excluding hydrogens is 260 g/mol. The van der Waals surface area contributed by atoms with E-state index >= 15 is 0 Å². The SMILES string of the molecule is CCOC(=O)Oc1nc(N)sc1Br. The highest BCUT2D eigenvalue weighted by molar-refractivity contribution is 9.11. The Bertz CT molecular complexity index is 315. The van der Waals surface area contributed by atoms with Crippen molar-refractivity contribution in [2.24, 2.45) is 0 Å². The molecule has 0 atom stereocenters. The number of carbonyl (C=O) groups is 1. The van der Waals surface area contributed by atoms with E-state index in [-0.39, 0.29) is 12.5 Å². The Morgan fingerprint density at radius 2 is 2.46 bits per heavy atom. The minimum Gasteiger partial charge on any atom is -0.434 e. The lowest BCUT2D eigenvalue weighted by Gasteiger charge is -1.99. The summed E-state index contributed by atoms with van der Waals surface area (Å²) in [6, 6.07) is 0. The van der Waals surface area contributed by atoms with Gasteiger partial charge in [-0.1, -0.05) is 11.3 Å². The van der Waals surface area contributed by atoms with E-state index in [9.17, 15) is 4.79 Å². The second-order valence-corrected chi connectivity index (χ2v) is 4.26. The predicted molar refractivity (Wildman–Crippen MR) is 51.9 cm³/mol. The van der Waals surface area contributed by atoms with Crippen LogP contribution in [-0.4, -0.2) is 17.7 Å². The molecule has 0 bridgehead atoms. The molecule has 0 saturated heterocycles. The number of hydrogen-bond donors (Lipinski definition) is 1. The molecule has 1 heterocycles. The van der Waals surface area contributed by atoms with Crippen LogP contribution in [0.5, 0.6) is 5.88 Å². The normalized spacial score (nSPS) is 9.69. The van der Waals surface area contributed by atoms with Gasteiger partial charge in [0.1, 0.15) is 3.79 Å². The molecule has 5 nitrogen and oxygen atoms in total. The number of rotatable bonds is 2. The smallest absolute Gasteiger partial charge is 0.434 e. The third kappa shape index (κ3) is 2.85. The predicted octanol–water partition coefficient (Wildman–Crippen LogP) is 2.02. The maximum atomic E-state index is 10.8. The third-order valence-corrected chi connectivity index (χ3v) is 2.50. The molecule has 0 unspecified atom stereocenters. The van der Waals surface area contributed by atoms with Gasteiger partial charge in [-0.05, 0) is 22.9 Å². The minimum atomic E-state index is -0.784. The van der Waals surface area contributed by atoms with Gasteiger partial charge in [-0.15, -0.1) is 0 Å². The second-order valence-electron chi connectivity index (χ2n) is 1.92. The minimum absolute atomic E-state index is 0.140. The highest BCUT2D eigenvalue weighted by Gasteiger charge is 2.13. The zero-order chi connectivity index (χ0) is 9.84. The number of carbonyl (C=O) groups excluding carboxylic acids is 1. The van der Waals surface area contributed by atoms with Crippen molar-refractivity contribution in [3.8, 4) is 5.88 Å². The van der Waals surface area contributed by atoms with Crippen LogP contribution in [-0.2, 0) is 4.74 Å². The van der Waals surface area contributed by atoms with Crippen LogP contribution in [0.25, 0.3) is 0 Å². The molecule has 7 heteroatoms. The molecule has 0 radical (unpaired) electrons. The molecule has 1 aromatic rings. The summed E-state index contributed by atoms with van der Waals surface area (Å²) in [4.78, 5) is 14.6. The average Bonchev–Trinajstić information content (AvgIpc) is 2.30. The Hall–Kier alpha value is -0.820. The number of nitrogen functional groups attached to an aromatic ring is 1. The highest BCUT2D eigenvalue weighted by Crippen LogP contribution is 2.32. The standard InChI is InChI=1S/C6H7BrN2O3S/c1-2-11-6(10)12-4-3(7)13-5(8)9-4/h2H2,1H3,(H2,8,9). The van der Waals surface area contributed by atoms with Crippen LogP contribution in [0, 0.1) is 0 Å². The Morgan fingerprint density at radius 1 is 1.77 bits per heavy atom. The van der Waals surface area contributed by atoms with Gasteiger partial charge in [-0.2, -0.15) is 4.98 Å². The van der Waals surface area contributed by atoms with Gasteiger partial charge in [0.2, 0.25) is 0 Å². The fraction of sp³-hybridized carbons (Fsp3) is 0.333. The largest absolute Gasteiger partial charge is 0.515 e. The summed E-state index contributed by atoms with van der Waals surface area (Å²) in [6.07, 6.45) is -0.784. The summed E-state index contributed by atoms with van der Waals surface area (Å²) in [5, 5.41) is 0.325. The lowest BCUT2D eigenvalue weighted by Crippen LogP contribution is -2.10. The molecule has 0 aliphatic heterocycles. The molecule has 0 aromatic carbocycles. The van der Waals surface area contributed by atoms with Crippen molar-refractivity contribution in [2.45, 2.75) is 6.92 Å². The number of nitrogens with zero attached hydrogens (tertiary/aromatic N) is 1. The van der Waals surface area contributed by atoms with Crippen molar-refractivity contribution in [1.82, 2.24) is 4.98 Å². The summed E-state index contributed by atoms with van der Waals surface area (Å²) in [5.41, 5.74) is 5.37. The molecule has 0 aliphatic carbocycles. The summed E-state index contributed by atoms with van der Waals surface area (Å²) in [7, 11) is 0. The van der Waals surface area contributed by atoms with E-state index in [1.54, 1.807) is 6.92 Å². The second kappa shape index (κ2) is 4.43. The molecule has 0 amide bonds. The zero-order valence-corrected chi connectivity index (χ0v) is 9.15. The number of anilines is 1. The van der Waals surface area contributed by atoms with E-state index in [4.69, 9.17) is 10.5 Å². The molecule has 1 rings (SSSR count). The summed E-state index contributed by atoms with van der Waals surface area (Å²) in [5.74, 6) is 0.140. The van der Waals surface area contributed by atoms with Gasteiger partial charge in [-0.25, -0.2) is 4.79 Å². The zero-order valence-electron chi connectivity index (χ0n) is 6.74. The molecule has 0 spiro atoms. The third-order valence-electron chi connectivity index (χ3n) is 1.02. The van der Waals surface area contributed by atoms with E-state index < -0.39 is 6.16 Å². The van der Waals surface area contributed by atoms with Gasteiger partial charge in [0.05, 0.1) is 6.61 Å². The molecular formula is C6H7BrN2O3S. The Morgan fingerprint density at radius 3 is 2.92 bits per heavy atom. The maximum absolute atomic E-state index is 10.8. The first kappa shape index (κ1) is 10.3. The van der Waals surface area contributed by atoms with Crippen molar-refractivity contribution < 1.29 is 14.3 Å². The van der Waals surface area contributed by atoms with Gasteiger partial charge in [0.15, 0.2) is 5.13 Å². The first-order chi connectivity index (χ1) is 6.13. The Kier molecular flexibility index (Phi) is 3.49. The van der Waals surface area contributed by atoms with Gasteiger partial charge in [0, 0.05) is 0 Å². The van der Waals surface area contributed by atoms with Crippen molar-refractivity contribution in [3.63, 3.8) is 0 Å². The van der Waals surface area contributed by atoms with Crippen LogP contribution in [0.2, 0.25) is 0 Å². The molecule has 2 N–H and O–H groups in total. The fourth-order valence-corrected chi connectivity index (χ4v) is 1.75. The summed E-state index contributed by atoms with van der Waals surface area (Å²) in [6.45, 7) is 1.95. The van der Waals surface area contributed by atoms with Crippen LogP contribution < -0.4 is 10.5 Å². The number of thiazole rings is 1. The molecule has 72 valence electrons. The van der Waals surface area contributed by atoms with Crippen molar-refractivity contribution in [1.29, 1.82) is 0 Å². The first-order valence-corrected chi connectivity index (χ1v) is 5.00. The number of aromatic nitrogens is 1. The molecule has 0 saturated carbocycles. The van der Waals surface area contributed by atoms with E-state index in [1.807, 2.05) is 0 Å². The fourth-order valence-electron chi connectivity index (χ4n) is 0.592. The number of halogens is 1. The van der Waals surface area contributed by atoms with Gasteiger partial charge in [-0.3, -0.25) is 0 Å². The topological polar surface area (TPSA) is 74.4 Å². The van der Waals surface area contributed by atoms with Gasteiger partial charge < -0.3 is 15.2 Å². The van der Waals surface area contributed by atoms with E-state index in [0.29, 0.717) is 8.92 Å². The number of hydrogen-bond acceptors (Lipinski definition) is 6. The molecule has 13 heavy (non-hydrogen) atoms. The van der Waals surface area contributed by atoms with Crippen LogP contribution in [0.1, 0.15) is 6.92 Å². The Balaban J connectivity index is 2.63. The van der Waals surface area contributed by atoms with Crippen LogP contribution >= 0.6 is 27.3 Å². The lowest BCUT2D eigenvalue weighted by molar-refractivity contribution is 0.103. The van der Waals surface area contributed by atoms with Crippen LogP contribution in [0.3, 0.4) is 0 Å². The summed E-state index contributed by atoms with van der Waals surface area (Å²) < 4.78 is 9.84. The monoisotopic (exact) mass is 266 g/mol. The number of nitrogens with two attached hydrogens (primary N) is 1. The van der Waals surface area contributed by atoms with Crippen molar-refractivity contribution in [3.05, 3.63) is 3.79 Å². The van der Waals surface area contributed by atoms with E-state index in [2.05, 4.69) is 25.7 Å². The molecule has 0 fully saturated rings. The van der Waals surface area contributed by atoms with Gasteiger partial charge >= 0.3 is 6.16 Å². The first-order valence-electron chi connectivity index (χ1n) is 3.40. The molecule has 0 aliphatic rings. The summed E-state index contributed by atoms with van der Waals surface area (Å²) >= 11 is 4.32. The van der Waals surface area contributed by atoms with Crippen molar-refractivity contribution >= 4 is 38.6 Å². The van der Waals surface area contributed by atoms with Gasteiger partial charge in [0.25, 0.3) is 5.88 Å². The quantitative estimate of drug-likeness (QED) is 0.830. The highest BCUT2D eigenvalue weighted by atomic mass is 79.9. The molecule has 1 aromatic heterocycles. The Labute approximate surface area is 87.0 Å². The van der Waals surface area contributed by atoms with Crippen LogP contribution in [0.15, 0.2) is 3.79 Å². The van der Waals surface area contributed by atoms with Crippen molar-refractivity contribution in [2.75, 3.05) is 12.3 Å². The van der Waals surface area contributed by atoms with E-state index in [1.165, 1.54) is 11.3 Å². The maximum Gasteiger partial charge on any atom is 0.515 e. The lowest BCUT2D eigenvalue weighted by atomic mass is 10.8. The van der Waals surface area contributed by atoms with Crippen LogP contribution in [0.4, 0.5) is 9.93 Å².